The van der Waals surface area contributed by atoms with Gasteiger partial charge in [0.1, 0.15) is 5.76 Å². The largest absolute Gasteiger partial charge is 0.360 e. The molecule has 0 aliphatic carbocycles. The van der Waals surface area contributed by atoms with Crippen molar-refractivity contribution < 1.29 is 9.32 Å². The normalized spacial score (nSPS) is 13.4. The highest BCUT2D eigenvalue weighted by Crippen LogP contribution is 2.33. The Kier molecular flexibility index (Phi) is 3.93. The molecule has 0 unspecified atom stereocenters. The number of fused-ring (bicyclic) bond motifs is 1. The summed E-state index contributed by atoms with van der Waals surface area (Å²) in [6.45, 7) is 2.69. The van der Waals surface area contributed by atoms with Crippen LogP contribution in [0.5, 0.6) is 0 Å². The maximum Gasteiger partial charge on any atom is 0.258 e. The summed E-state index contributed by atoms with van der Waals surface area (Å²) in [5, 5.41) is 6.51. The number of nitrogens with zero attached hydrogens (tertiary/aromatic N) is 3. The van der Waals surface area contributed by atoms with Gasteiger partial charge in [-0.1, -0.05) is 23.4 Å². The number of hydrogen-bond donors (Lipinski definition) is 1. The van der Waals surface area contributed by atoms with Crippen LogP contribution in [0.3, 0.4) is 0 Å². The van der Waals surface area contributed by atoms with E-state index in [0.29, 0.717) is 17.1 Å². The van der Waals surface area contributed by atoms with E-state index in [4.69, 9.17) is 4.52 Å². The van der Waals surface area contributed by atoms with Crippen LogP contribution < -0.4 is 10.2 Å². The number of hydrogen-bond acceptors (Lipinski definition) is 5. The van der Waals surface area contributed by atoms with Crippen molar-refractivity contribution in [1.29, 1.82) is 0 Å². The Bertz CT molecular complexity index is 919. The standard InChI is InChI=1S/C19H18N4O2/c1-13-9-18(22-25-13)21-19(24)15-10-16(12-20-11-15)23-8-4-6-14-5-2-3-7-17(14)23/h2-3,5,7,9-12H,4,6,8H2,1H3,(H,21,22,24). The lowest BCUT2D eigenvalue weighted by Crippen LogP contribution is -2.25. The number of para-hydroxylation sites is 1. The lowest BCUT2D eigenvalue weighted by atomic mass is 10.0. The Morgan fingerprint density at radius 1 is 1.24 bits per heavy atom. The van der Waals surface area contributed by atoms with Gasteiger partial charge in [-0.25, -0.2) is 0 Å². The molecule has 0 bridgehead atoms. The second-order valence-electron chi connectivity index (χ2n) is 6.09. The molecule has 0 saturated heterocycles. The van der Waals surface area contributed by atoms with E-state index in [1.807, 2.05) is 12.1 Å². The first-order valence-corrected chi connectivity index (χ1v) is 8.26. The highest BCUT2D eigenvalue weighted by Gasteiger charge is 2.19. The highest BCUT2D eigenvalue weighted by molar-refractivity contribution is 6.04. The molecule has 0 radical (unpaired) electrons. The van der Waals surface area contributed by atoms with Gasteiger partial charge in [0.15, 0.2) is 5.82 Å². The average Bonchev–Trinajstić information content (AvgIpc) is 3.06. The molecule has 2 aromatic heterocycles. The Labute approximate surface area is 145 Å². The summed E-state index contributed by atoms with van der Waals surface area (Å²) in [4.78, 5) is 18.9. The minimum absolute atomic E-state index is 0.257. The lowest BCUT2D eigenvalue weighted by Gasteiger charge is -2.31. The molecule has 6 nitrogen and oxygen atoms in total. The van der Waals surface area contributed by atoms with Gasteiger partial charge in [0, 0.05) is 24.5 Å². The van der Waals surface area contributed by atoms with E-state index in [9.17, 15) is 4.79 Å². The molecular formula is C19H18N4O2. The molecular weight excluding hydrogens is 316 g/mol. The maximum absolute atomic E-state index is 12.5. The number of rotatable bonds is 3. The van der Waals surface area contributed by atoms with Crippen molar-refractivity contribution in [1.82, 2.24) is 10.1 Å². The van der Waals surface area contributed by atoms with E-state index in [1.54, 1.807) is 25.4 Å². The number of aryl methyl sites for hydroxylation is 2. The van der Waals surface area contributed by atoms with Crippen LogP contribution in [-0.2, 0) is 6.42 Å². The molecule has 0 spiro atoms. The number of carbonyl (C=O) groups is 1. The molecule has 1 amide bonds. The van der Waals surface area contributed by atoms with Crippen LogP contribution in [-0.4, -0.2) is 22.6 Å². The first-order valence-electron chi connectivity index (χ1n) is 8.26. The number of nitrogens with one attached hydrogen (secondary N) is 1. The molecule has 1 aromatic carbocycles. The summed E-state index contributed by atoms with van der Waals surface area (Å²) < 4.78 is 4.97. The minimum Gasteiger partial charge on any atom is -0.360 e. The van der Waals surface area contributed by atoms with Crippen LogP contribution in [0.4, 0.5) is 17.2 Å². The summed E-state index contributed by atoms with van der Waals surface area (Å²) in [5.41, 5.74) is 3.90. The van der Waals surface area contributed by atoms with E-state index < -0.39 is 0 Å². The highest BCUT2D eigenvalue weighted by atomic mass is 16.5. The fraction of sp³-hybridized carbons (Fsp3) is 0.211. The third kappa shape index (κ3) is 3.10. The van der Waals surface area contributed by atoms with Crippen LogP contribution >= 0.6 is 0 Å². The zero-order valence-electron chi connectivity index (χ0n) is 13.9. The van der Waals surface area contributed by atoms with Gasteiger partial charge in [-0.2, -0.15) is 0 Å². The summed E-state index contributed by atoms with van der Waals surface area (Å²) in [5.74, 6) is 0.788. The lowest BCUT2D eigenvalue weighted by molar-refractivity contribution is 0.102. The van der Waals surface area contributed by atoms with E-state index in [-0.39, 0.29) is 5.91 Å². The quantitative estimate of drug-likeness (QED) is 0.790. The van der Waals surface area contributed by atoms with Gasteiger partial charge in [-0.15, -0.1) is 0 Å². The monoisotopic (exact) mass is 334 g/mol. The zero-order valence-corrected chi connectivity index (χ0v) is 13.9. The van der Waals surface area contributed by atoms with Crippen LogP contribution in [0.25, 0.3) is 0 Å². The molecule has 3 aromatic rings. The van der Waals surface area contributed by atoms with Crippen LogP contribution in [0.1, 0.15) is 28.1 Å². The Balaban J connectivity index is 1.61. The minimum atomic E-state index is -0.257. The fourth-order valence-corrected chi connectivity index (χ4v) is 3.12. The summed E-state index contributed by atoms with van der Waals surface area (Å²) in [6, 6.07) is 11.9. The van der Waals surface area contributed by atoms with E-state index in [1.165, 1.54) is 11.3 Å². The third-order valence-electron chi connectivity index (χ3n) is 4.28. The topological polar surface area (TPSA) is 71.3 Å². The van der Waals surface area contributed by atoms with Gasteiger partial charge in [0.05, 0.1) is 17.4 Å². The molecule has 126 valence electrons. The molecule has 0 saturated carbocycles. The van der Waals surface area contributed by atoms with Crippen molar-refractivity contribution in [3.05, 3.63) is 65.7 Å². The molecule has 3 heterocycles. The van der Waals surface area contributed by atoms with Crippen LogP contribution in [0, 0.1) is 6.92 Å². The second-order valence-corrected chi connectivity index (χ2v) is 6.09. The van der Waals surface area contributed by atoms with Crippen molar-refractivity contribution in [2.45, 2.75) is 19.8 Å². The first-order chi connectivity index (χ1) is 12.2. The van der Waals surface area contributed by atoms with Gasteiger partial charge in [0.2, 0.25) is 0 Å². The van der Waals surface area contributed by atoms with Crippen LogP contribution in [0.15, 0.2) is 53.3 Å². The molecule has 0 atom stereocenters. The SMILES string of the molecule is Cc1cc(NC(=O)c2cncc(N3CCCc4ccccc43)c2)no1. The fourth-order valence-electron chi connectivity index (χ4n) is 3.12. The predicted octanol–water partition coefficient (Wildman–Crippen LogP) is 3.71. The zero-order chi connectivity index (χ0) is 17.2. The smallest absolute Gasteiger partial charge is 0.258 e. The molecule has 1 aliphatic rings. The first kappa shape index (κ1) is 15.4. The van der Waals surface area contributed by atoms with Crippen molar-refractivity contribution >= 4 is 23.1 Å². The Morgan fingerprint density at radius 2 is 2.12 bits per heavy atom. The maximum atomic E-state index is 12.5. The van der Waals surface area contributed by atoms with Gasteiger partial charge < -0.3 is 14.7 Å². The third-order valence-corrected chi connectivity index (χ3v) is 4.28. The van der Waals surface area contributed by atoms with E-state index >= 15 is 0 Å². The van der Waals surface area contributed by atoms with Crippen molar-refractivity contribution in [2.24, 2.45) is 0 Å². The van der Waals surface area contributed by atoms with Crippen LogP contribution in [0.2, 0.25) is 0 Å². The van der Waals surface area contributed by atoms with Crippen molar-refractivity contribution in [2.75, 3.05) is 16.8 Å². The van der Waals surface area contributed by atoms with E-state index in [0.717, 1.165) is 25.1 Å². The number of amides is 1. The molecule has 1 aliphatic heterocycles. The van der Waals surface area contributed by atoms with Gasteiger partial charge in [0.25, 0.3) is 5.91 Å². The average molecular weight is 334 g/mol. The van der Waals surface area contributed by atoms with Gasteiger partial charge in [-0.05, 0) is 37.5 Å². The van der Waals surface area contributed by atoms with Crippen molar-refractivity contribution in [3.8, 4) is 0 Å². The number of benzene rings is 1. The number of aromatic nitrogens is 2. The summed E-state index contributed by atoms with van der Waals surface area (Å²) in [6.07, 6.45) is 5.50. The Hall–Kier alpha value is -3.15. The number of anilines is 3. The van der Waals surface area contributed by atoms with Gasteiger partial charge in [-0.3, -0.25) is 9.78 Å². The molecule has 0 fully saturated rings. The van der Waals surface area contributed by atoms with Crippen molar-refractivity contribution in [3.63, 3.8) is 0 Å². The number of pyridine rings is 1. The molecule has 1 N–H and O–H groups in total. The number of carbonyl (C=O) groups excluding carboxylic acids is 1. The van der Waals surface area contributed by atoms with E-state index in [2.05, 4.69) is 38.6 Å². The molecule has 6 heteroatoms. The predicted molar refractivity (Wildman–Crippen MR) is 95.2 cm³/mol. The second kappa shape index (κ2) is 6.39. The van der Waals surface area contributed by atoms with Gasteiger partial charge >= 0.3 is 0 Å². The molecule has 4 rings (SSSR count). The molecule has 25 heavy (non-hydrogen) atoms. The Morgan fingerprint density at radius 3 is 2.96 bits per heavy atom. The summed E-state index contributed by atoms with van der Waals surface area (Å²) >= 11 is 0. The summed E-state index contributed by atoms with van der Waals surface area (Å²) in [7, 11) is 0.